The summed E-state index contributed by atoms with van der Waals surface area (Å²) in [5.41, 5.74) is 9.62. The average Bonchev–Trinajstić information content (AvgIpc) is 1.83. The van der Waals surface area contributed by atoms with E-state index in [2.05, 4.69) is 4.99 Å². The number of carboxylic acid groups (broad SMARTS) is 1. The first-order chi connectivity index (χ1) is 5.43. The van der Waals surface area contributed by atoms with Gasteiger partial charge in [0, 0.05) is 0 Å². The Balaban J connectivity index is 4.24. The highest BCUT2D eigenvalue weighted by Gasteiger charge is 2.22. The molecule has 7 heteroatoms. The van der Waals surface area contributed by atoms with Crippen LogP contribution in [0.2, 0.25) is 0 Å². The molecule has 0 unspecified atom stereocenters. The first-order valence-corrected chi connectivity index (χ1v) is 3.02. The second-order valence-electron chi connectivity index (χ2n) is 2.05. The Bertz CT molecular complexity index is 191. The number of nitrogens with zero attached hydrogens (tertiary/aromatic N) is 1. The standard InChI is InChI=1S/C5H9F2N3O2/c6-4(7)2(1-3(11)12)10-5(8)9/h2,4H,1H2,(H,11,12)(H4,8,9,10)/t2-/m1/s1. The zero-order chi connectivity index (χ0) is 9.72. The highest BCUT2D eigenvalue weighted by Crippen LogP contribution is 2.09. The molecule has 12 heavy (non-hydrogen) atoms. The maximum absolute atomic E-state index is 11.9. The van der Waals surface area contributed by atoms with Crippen LogP contribution in [0.25, 0.3) is 0 Å². The Morgan fingerprint density at radius 1 is 1.50 bits per heavy atom. The van der Waals surface area contributed by atoms with Gasteiger partial charge >= 0.3 is 5.97 Å². The minimum Gasteiger partial charge on any atom is -0.481 e. The zero-order valence-corrected chi connectivity index (χ0v) is 6.08. The van der Waals surface area contributed by atoms with Crippen molar-refractivity contribution in [3.8, 4) is 0 Å². The summed E-state index contributed by atoms with van der Waals surface area (Å²) in [6, 6.07) is -1.66. The van der Waals surface area contributed by atoms with Gasteiger partial charge < -0.3 is 16.6 Å². The van der Waals surface area contributed by atoms with Crippen LogP contribution in [0.1, 0.15) is 6.42 Å². The molecule has 0 aliphatic rings. The Morgan fingerprint density at radius 3 is 2.25 bits per heavy atom. The zero-order valence-electron chi connectivity index (χ0n) is 6.08. The van der Waals surface area contributed by atoms with E-state index in [1.165, 1.54) is 0 Å². The maximum Gasteiger partial charge on any atom is 0.305 e. The van der Waals surface area contributed by atoms with E-state index in [-0.39, 0.29) is 0 Å². The minimum absolute atomic E-state index is 0.540. The first kappa shape index (κ1) is 10.6. The number of rotatable bonds is 4. The van der Waals surface area contributed by atoms with Crippen LogP contribution in [0.4, 0.5) is 8.78 Å². The van der Waals surface area contributed by atoms with Gasteiger partial charge in [0.05, 0.1) is 6.42 Å². The third-order valence-corrected chi connectivity index (χ3v) is 0.990. The molecule has 0 saturated carbocycles. The lowest BCUT2D eigenvalue weighted by Crippen LogP contribution is -2.29. The van der Waals surface area contributed by atoms with Crippen molar-refractivity contribution in [3.05, 3.63) is 0 Å². The molecule has 0 amide bonds. The number of hydrogen-bond acceptors (Lipinski definition) is 2. The van der Waals surface area contributed by atoms with E-state index in [1.54, 1.807) is 0 Å². The largest absolute Gasteiger partial charge is 0.481 e. The molecule has 5 nitrogen and oxygen atoms in total. The van der Waals surface area contributed by atoms with E-state index < -0.39 is 30.8 Å². The summed E-state index contributed by atoms with van der Waals surface area (Å²) in [5.74, 6) is -1.91. The highest BCUT2D eigenvalue weighted by molar-refractivity contribution is 5.76. The number of carboxylic acids is 1. The first-order valence-electron chi connectivity index (χ1n) is 3.02. The number of carbonyl (C=O) groups is 1. The lowest BCUT2D eigenvalue weighted by atomic mass is 10.2. The van der Waals surface area contributed by atoms with Gasteiger partial charge in [-0.3, -0.25) is 4.79 Å². The number of aliphatic carboxylic acids is 1. The SMILES string of the molecule is NC(N)=N[C@H](CC(=O)O)C(F)F. The Hall–Kier alpha value is -1.40. The van der Waals surface area contributed by atoms with Crippen LogP contribution in [0.15, 0.2) is 4.99 Å². The summed E-state index contributed by atoms with van der Waals surface area (Å²) in [6.45, 7) is 0. The van der Waals surface area contributed by atoms with E-state index in [9.17, 15) is 13.6 Å². The van der Waals surface area contributed by atoms with Crippen LogP contribution in [0.5, 0.6) is 0 Å². The smallest absolute Gasteiger partial charge is 0.305 e. The third-order valence-electron chi connectivity index (χ3n) is 0.990. The second kappa shape index (κ2) is 4.47. The molecule has 0 aliphatic carbocycles. The molecule has 0 fully saturated rings. The van der Waals surface area contributed by atoms with Crippen LogP contribution in [0, 0.1) is 0 Å². The van der Waals surface area contributed by atoms with Gasteiger partial charge in [-0.25, -0.2) is 13.8 Å². The van der Waals surface area contributed by atoms with E-state index in [1.807, 2.05) is 0 Å². The molecular formula is C5H9F2N3O2. The van der Waals surface area contributed by atoms with E-state index in [4.69, 9.17) is 16.6 Å². The van der Waals surface area contributed by atoms with Gasteiger partial charge in [-0.15, -0.1) is 0 Å². The summed E-state index contributed by atoms with van der Waals surface area (Å²) in [6.07, 6.45) is -3.65. The maximum atomic E-state index is 11.9. The van der Waals surface area contributed by atoms with Crippen molar-refractivity contribution in [3.63, 3.8) is 0 Å². The van der Waals surface area contributed by atoms with Crippen LogP contribution >= 0.6 is 0 Å². The second-order valence-corrected chi connectivity index (χ2v) is 2.05. The van der Waals surface area contributed by atoms with Crippen molar-refractivity contribution in [1.29, 1.82) is 0 Å². The molecule has 0 saturated heterocycles. The molecule has 0 radical (unpaired) electrons. The molecular weight excluding hydrogens is 172 g/mol. The average molecular weight is 181 g/mol. The predicted molar refractivity (Wildman–Crippen MR) is 37.9 cm³/mol. The van der Waals surface area contributed by atoms with Crippen molar-refractivity contribution in [2.24, 2.45) is 16.5 Å². The highest BCUT2D eigenvalue weighted by atomic mass is 19.3. The number of guanidine groups is 1. The van der Waals surface area contributed by atoms with Gasteiger partial charge in [-0.1, -0.05) is 0 Å². The molecule has 5 N–H and O–H groups in total. The number of halogens is 2. The lowest BCUT2D eigenvalue weighted by Gasteiger charge is -2.07. The fraction of sp³-hybridized carbons (Fsp3) is 0.600. The Labute approximate surface area is 67.1 Å². The topological polar surface area (TPSA) is 102 Å². The van der Waals surface area contributed by atoms with E-state index >= 15 is 0 Å². The number of nitrogens with two attached hydrogens (primary N) is 2. The fourth-order valence-corrected chi connectivity index (χ4v) is 0.561. The normalized spacial score (nSPS) is 12.6. The predicted octanol–water partition coefficient (Wildman–Crippen LogP) is -0.632. The third kappa shape index (κ3) is 4.42. The van der Waals surface area contributed by atoms with Crippen LogP contribution in [-0.4, -0.2) is 29.5 Å². The van der Waals surface area contributed by atoms with Crippen molar-refractivity contribution < 1.29 is 18.7 Å². The molecule has 1 atom stereocenters. The quantitative estimate of drug-likeness (QED) is 0.397. The van der Waals surface area contributed by atoms with Gasteiger partial charge in [0.15, 0.2) is 5.96 Å². The van der Waals surface area contributed by atoms with Crippen molar-refractivity contribution in [2.75, 3.05) is 0 Å². The Kier molecular flexibility index (Phi) is 3.95. The molecule has 70 valence electrons. The Morgan fingerprint density at radius 2 is 2.00 bits per heavy atom. The van der Waals surface area contributed by atoms with Crippen LogP contribution in [0.3, 0.4) is 0 Å². The summed E-state index contributed by atoms with van der Waals surface area (Å²) < 4.78 is 23.9. The molecule has 0 heterocycles. The van der Waals surface area contributed by atoms with Gasteiger partial charge in [0.1, 0.15) is 6.04 Å². The molecule has 0 rings (SSSR count). The summed E-state index contributed by atoms with van der Waals surface area (Å²) in [5, 5.41) is 8.16. The van der Waals surface area contributed by atoms with E-state index in [0.29, 0.717) is 0 Å². The van der Waals surface area contributed by atoms with Gasteiger partial charge in [-0.2, -0.15) is 0 Å². The van der Waals surface area contributed by atoms with Crippen LogP contribution in [-0.2, 0) is 4.79 Å². The van der Waals surface area contributed by atoms with Crippen molar-refractivity contribution in [2.45, 2.75) is 18.9 Å². The van der Waals surface area contributed by atoms with E-state index in [0.717, 1.165) is 0 Å². The summed E-state index contributed by atoms with van der Waals surface area (Å²) >= 11 is 0. The minimum atomic E-state index is -2.87. The van der Waals surface area contributed by atoms with Crippen molar-refractivity contribution in [1.82, 2.24) is 0 Å². The van der Waals surface area contributed by atoms with Gasteiger partial charge in [0.2, 0.25) is 0 Å². The molecule has 0 bridgehead atoms. The monoisotopic (exact) mass is 181 g/mol. The van der Waals surface area contributed by atoms with Crippen molar-refractivity contribution >= 4 is 11.9 Å². The molecule has 0 spiro atoms. The van der Waals surface area contributed by atoms with Crippen LogP contribution < -0.4 is 11.5 Å². The number of hydrogen-bond donors (Lipinski definition) is 3. The molecule has 0 aromatic rings. The number of alkyl halides is 2. The van der Waals surface area contributed by atoms with Gasteiger partial charge in [-0.05, 0) is 0 Å². The lowest BCUT2D eigenvalue weighted by molar-refractivity contribution is -0.138. The number of aliphatic imine (C=N–C) groups is 1. The summed E-state index contributed by atoms with van der Waals surface area (Å²) in [7, 11) is 0. The molecule has 0 aliphatic heterocycles. The molecule has 0 aromatic carbocycles. The molecule has 0 aromatic heterocycles. The summed E-state index contributed by atoms with van der Waals surface area (Å²) in [4.78, 5) is 13.1. The van der Waals surface area contributed by atoms with Gasteiger partial charge in [0.25, 0.3) is 6.43 Å². The fourth-order valence-electron chi connectivity index (χ4n) is 0.561.